The molecule has 0 amide bonds. The van der Waals surface area contributed by atoms with Gasteiger partial charge in [-0.2, -0.15) is 0 Å². The van der Waals surface area contributed by atoms with Crippen LogP contribution < -0.4 is 5.32 Å². The van der Waals surface area contributed by atoms with Crippen molar-refractivity contribution < 1.29 is 0 Å². The Hall–Kier alpha value is -0.760. The molecule has 0 aromatic carbocycles. The van der Waals surface area contributed by atoms with Gasteiger partial charge in [-0.05, 0) is 31.5 Å². The van der Waals surface area contributed by atoms with Gasteiger partial charge in [0.15, 0.2) is 0 Å². The van der Waals surface area contributed by atoms with Crippen molar-refractivity contribution in [3.8, 4) is 0 Å². The van der Waals surface area contributed by atoms with E-state index in [2.05, 4.69) is 42.1 Å². The normalized spacial score (nSPS) is 11.1. The molecule has 0 aliphatic heterocycles. The molecule has 0 bridgehead atoms. The monoisotopic (exact) mass is 278 g/mol. The highest BCUT2D eigenvalue weighted by Crippen LogP contribution is 2.10. The van der Waals surface area contributed by atoms with E-state index in [1.807, 2.05) is 0 Å². The number of aryl methyl sites for hydroxylation is 1. The molecule has 0 unspecified atom stereocenters. The second-order valence-corrected chi connectivity index (χ2v) is 5.84. The van der Waals surface area contributed by atoms with Gasteiger partial charge in [0.1, 0.15) is 0 Å². The zero-order valence-electron chi connectivity index (χ0n) is 13.7. The zero-order chi connectivity index (χ0) is 14.5. The van der Waals surface area contributed by atoms with E-state index in [1.54, 1.807) is 0 Å². The molecule has 1 rings (SSSR count). The lowest BCUT2D eigenvalue weighted by molar-refractivity contribution is 0.530. The highest BCUT2D eigenvalue weighted by molar-refractivity contribution is 5.06. The van der Waals surface area contributed by atoms with Crippen LogP contribution in [0.2, 0.25) is 0 Å². The van der Waals surface area contributed by atoms with Crippen LogP contribution in [0.15, 0.2) is 18.3 Å². The molecule has 0 saturated heterocycles. The Labute approximate surface area is 126 Å². The lowest BCUT2D eigenvalue weighted by Crippen LogP contribution is -2.16. The third kappa shape index (κ3) is 7.74. The van der Waals surface area contributed by atoms with Crippen LogP contribution in [0, 0.1) is 0 Å². The summed E-state index contributed by atoms with van der Waals surface area (Å²) in [4.78, 5) is 0. The summed E-state index contributed by atoms with van der Waals surface area (Å²) in [5.41, 5.74) is 1.43. The summed E-state index contributed by atoms with van der Waals surface area (Å²) in [6.07, 6.45) is 14.6. The van der Waals surface area contributed by atoms with Gasteiger partial charge in [-0.25, -0.2) is 0 Å². The number of hydrogen-bond donors (Lipinski definition) is 1. The minimum Gasteiger partial charge on any atom is -0.350 e. The van der Waals surface area contributed by atoms with E-state index in [4.69, 9.17) is 0 Å². The summed E-state index contributed by atoms with van der Waals surface area (Å²) in [6.45, 7) is 7.81. The quantitative estimate of drug-likeness (QED) is 0.495. The maximum atomic E-state index is 3.49. The summed E-state index contributed by atoms with van der Waals surface area (Å²) in [7, 11) is 0. The molecule has 0 spiro atoms. The van der Waals surface area contributed by atoms with Gasteiger partial charge in [0.2, 0.25) is 0 Å². The fourth-order valence-corrected chi connectivity index (χ4v) is 2.64. The second kappa shape index (κ2) is 12.0. The first kappa shape index (κ1) is 17.3. The molecule has 0 fully saturated rings. The molecule has 0 radical (unpaired) electrons. The molecule has 1 heterocycles. The molecule has 1 aromatic rings. The summed E-state index contributed by atoms with van der Waals surface area (Å²) in [5.74, 6) is 0. The van der Waals surface area contributed by atoms with Crippen LogP contribution in [0.1, 0.15) is 77.3 Å². The Bertz CT molecular complexity index is 317. The Morgan fingerprint density at radius 3 is 2.30 bits per heavy atom. The fraction of sp³-hybridized carbons (Fsp3) is 0.778. The first-order valence-electron chi connectivity index (χ1n) is 8.73. The smallest absolute Gasteiger partial charge is 0.0359 e. The van der Waals surface area contributed by atoms with Crippen LogP contribution in [0.3, 0.4) is 0 Å². The van der Waals surface area contributed by atoms with Gasteiger partial charge in [0.05, 0.1) is 0 Å². The number of rotatable bonds is 13. The zero-order valence-corrected chi connectivity index (χ0v) is 13.7. The van der Waals surface area contributed by atoms with E-state index in [0.717, 1.165) is 13.1 Å². The van der Waals surface area contributed by atoms with Crippen LogP contribution in [0.5, 0.6) is 0 Å². The van der Waals surface area contributed by atoms with Gasteiger partial charge in [-0.1, -0.05) is 58.8 Å². The highest BCUT2D eigenvalue weighted by atomic mass is 15.0. The van der Waals surface area contributed by atoms with Crippen LogP contribution in [0.4, 0.5) is 0 Å². The van der Waals surface area contributed by atoms with E-state index >= 15 is 0 Å². The van der Waals surface area contributed by atoms with Gasteiger partial charge in [-0.3, -0.25) is 0 Å². The molecule has 0 aliphatic carbocycles. The lowest BCUT2D eigenvalue weighted by Gasteiger charge is -2.10. The Morgan fingerprint density at radius 2 is 1.60 bits per heavy atom. The molecule has 2 nitrogen and oxygen atoms in total. The average molecular weight is 278 g/mol. The van der Waals surface area contributed by atoms with Gasteiger partial charge in [0.25, 0.3) is 0 Å². The summed E-state index contributed by atoms with van der Waals surface area (Å²) in [6, 6.07) is 4.42. The largest absolute Gasteiger partial charge is 0.350 e. The second-order valence-electron chi connectivity index (χ2n) is 5.84. The molecular formula is C18H34N2. The molecule has 0 atom stereocenters. The predicted molar refractivity (Wildman–Crippen MR) is 89.0 cm³/mol. The van der Waals surface area contributed by atoms with E-state index < -0.39 is 0 Å². The Balaban J connectivity index is 2.05. The molecule has 1 N–H and O–H groups in total. The Morgan fingerprint density at radius 1 is 0.900 bits per heavy atom. The van der Waals surface area contributed by atoms with Gasteiger partial charge < -0.3 is 9.88 Å². The number of hydrogen-bond acceptors (Lipinski definition) is 1. The minimum atomic E-state index is 1.01. The molecule has 0 saturated carbocycles. The van der Waals surface area contributed by atoms with Crippen LogP contribution >= 0.6 is 0 Å². The molecule has 20 heavy (non-hydrogen) atoms. The van der Waals surface area contributed by atoms with E-state index in [9.17, 15) is 0 Å². The minimum absolute atomic E-state index is 1.01. The third-order valence-corrected chi connectivity index (χ3v) is 3.91. The van der Waals surface area contributed by atoms with Gasteiger partial charge >= 0.3 is 0 Å². The van der Waals surface area contributed by atoms with E-state index in [1.165, 1.54) is 70.0 Å². The molecule has 1 aromatic heterocycles. The van der Waals surface area contributed by atoms with Crippen molar-refractivity contribution in [1.82, 2.24) is 9.88 Å². The van der Waals surface area contributed by atoms with Crippen molar-refractivity contribution in [3.05, 3.63) is 24.0 Å². The number of aromatic nitrogens is 1. The first-order chi connectivity index (χ1) is 9.88. The summed E-state index contributed by atoms with van der Waals surface area (Å²) >= 11 is 0. The molecular weight excluding hydrogens is 244 g/mol. The number of unbranched alkanes of at least 4 members (excludes halogenated alkanes) is 7. The van der Waals surface area contributed by atoms with Crippen molar-refractivity contribution in [2.75, 3.05) is 6.54 Å². The van der Waals surface area contributed by atoms with Crippen LogP contribution in [-0.2, 0) is 13.1 Å². The molecule has 0 aliphatic rings. The average Bonchev–Trinajstić information content (AvgIpc) is 2.90. The van der Waals surface area contributed by atoms with Crippen molar-refractivity contribution in [1.29, 1.82) is 0 Å². The maximum absolute atomic E-state index is 3.49. The molecule has 2 heteroatoms. The lowest BCUT2D eigenvalue weighted by atomic mass is 10.1. The van der Waals surface area contributed by atoms with Crippen LogP contribution in [-0.4, -0.2) is 11.1 Å². The van der Waals surface area contributed by atoms with Crippen molar-refractivity contribution in [2.24, 2.45) is 0 Å². The van der Waals surface area contributed by atoms with Crippen LogP contribution in [0.25, 0.3) is 0 Å². The van der Waals surface area contributed by atoms with Gasteiger partial charge in [-0.15, -0.1) is 0 Å². The topological polar surface area (TPSA) is 17.0 Å². The fourth-order valence-electron chi connectivity index (χ4n) is 2.64. The third-order valence-electron chi connectivity index (χ3n) is 3.91. The summed E-state index contributed by atoms with van der Waals surface area (Å²) in [5, 5.41) is 3.49. The van der Waals surface area contributed by atoms with Crippen molar-refractivity contribution in [3.63, 3.8) is 0 Å². The van der Waals surface area contributed by atoms with Gasteiger partial charge in [0, 0.05) is 25.0 Å². The number of nitrogens with one attached hydrogen (secondary N) is 1. The molecule has 116 valence electrons. The summed E-state index contributed by atoms with van der Waals surface area (Å²) < 4.78 is 2.42. The SMILES string of the molecule is CCCCCCCCCCn1cccc1CNCCC. The highest BCUT2D eigenvalue weighted by Gasteiger charge is 2.00. The first-order valence-corrected chi connectivity index (χ1v) is 8.73. The maximum Gasteiger partial charge on any atom is 0.0359 e. The Kier molecular flexibility index (Phi) is 10.4. The van der Waals surface area contributed by atoms with E-state index in [0.29, 0.717) is 0 Å². The van der Waals surface area contributed by atoms with Crippen molar-refractivity contribution in [2.45, 2.75) is 84.7 Å². The predicted octanol–water partition coefficient (Wildman–Crippen LogP) is 5.13. The van der Waals surface area contributed by atoms with E-state index in [-0.39, 0.29) is 0 Å². The standard InChI is InChI=1S/C18H34N2/c1-3-5-6-7-8-9-10-11-15-20-16-12-13-18(20)17-19-14-4-2/h12-13,16,19H,3-11,14-15,17H2,1-2H3. The van der Waals surface area contributed by atoms with Crippen molar-refractivity contribution >= 4 is 0 Å². The number of nitrogens with zero attached hydrogens (tertiary/aromatic N) is 1.